The van der Waals surface area contributed by atoms with Gasteiger partial charge in [0.05, 0.1) is 5.66 Å². The first-order chi connectivity index (χ1) is 7.18. The Kier molecular flexibility index (Phi) is 3.08. The summed E-state index contributed by atoms with van der Waals surface area (Å²) in [5.41, 5.74) is 7.53. The Morgan fingerprint density at radius 1 is 1.20 bits per heavy atom. The number of nitrogens with zero attached hydrogens (tertiary/aromatic N) is 1. The van der Waals surface area contributed by atoms with Crippen LogP contribution in [0.2, 0.25) is 0 Å². The predicted octanol–water partition coefficient (Wildman–Crippen LogP) is 2.00. The number of hydrogen-bond donors (Lipinski definition) is 1. The Balaban J connectivity index is 2.03. The lowest BCUT2D eigenvalue weighted by molar-refractivity contribution is 0.142. The van der Waals surface area contributed by atoms with E-state index in [-0.39, 0.29) is 5.66 Å². The first kappa shape index (κ1) is 10.7. The number of benzene rings is 1. The van der Waals surface area contributed by atoms with Gasteiger partial charge in [0, 0.05) is 6.42 Å². The molecule has 2 rings (SSSR count). The molecule has 0 aromatic heterocycles. The summed E-state index contributed by atoms with van der Waals surface area (Å²) in [5, 5.41) is 0. The summed E-state index contributed by atoms with van der Waals surface area (Å²) in [7, 11) is 0. The number of hydrogen-bond acceptors (Lipinski definition) is 2. The maximum atomic E-state index is 6.38. The maximum absolute atomic E-state index is 6.38. The largest absolute Gasteiger partial charge is 0.313 e. The van der Waals surface area contributed by atoms with Crippen LogP contribution in [0.5, 0.6) is 0 Å². The van der Waals surface area contributed by atoms with E-state index in [1.807, 2.05) is 6.07 Å². The van der Waals surface area contributed by atoms with E-state index >= 15 is 0 Å². The van der Waals surface area contributed by atoms with Crippen molar-refractivity contribution >= 4 is 0 Å². The van der Waals surface area contributed by atoms with Crippen LogP contribution in [-0.2, 0) is 6.42 Å². The number of nitrogens with two attached hydrogens (primary N) is 1. The van der Waals surface area contributed by atoms with Gasteiger partial charge in [-0.15, -0.1) is 0 Å². The normalized spacial score (nSPS) is 21.5. The molecule has 0 aliphatic carbocycles. The van der Waals surface area contributed by atoms with Crippen LogP contribution in [-0.4, -0.2) is 23.7 Å². The van der Waals surface area contributed by atoms with E-state index < -0.39 is 0 Å². The molecule has 1 saturated heterocycles. The van der Waals surface area contributed by atoms with Gasteiger partial charge in [-0.05, 0) is 38.4 Å². The predicted molar refractivity (Wildman–Crippen MR) is 63.5 cm³/mol. The van der Waals surface area contributed by atoms with Gasteiger partial charge in [0.1, 0.15) is 0 Å². The summed E-state index contributed by atoms with van der Waals surface area (Å²) in [4.78, 5) is 2.40. The molecule has 1 aliphatic heterocycles. The summed E-state index contributed by atoms with van der Waals surface area (Å²) in [6, 6.07) is 10.5. The summed E-state index contributed by atoms with van der Waals surface area (Å²) in [5.74, 6) is 0. The third-order valence-electron chi connectivity index (χ3n) is 3.23. The lowest BCUT2D eigenvalue weighted by Crippen LogP contribution is -2.53. The Morgan fingerprint density at radius 2 is 1.80 bits per heavy atom. The van der Waals surface area contributed by atoms with E-state index in [1.165, 1.54) is 18.4 Å². The average molecular weight is 204 g/mol. The van der Waals surface area contributed by atoms with E-state index in [0.717, 1.165) is 19.5 Å². The molecule has 0 spiro atoms. The molecule has 1 atom stereocenters. The molecule has 0 amide bonds. The van der Waals surface area contributed by atoms with Crippen LogP contribution in [0, 0.1) is 0 Å². The van der Waals surface area contributed by atoms with Crippen molar-refractivity contribution in [1.82, 2.24) is 4.90 Å². The highest BCUT2D eigenvalue weighted by Gasteiger charge is 2.29. The smallest absolute Gasteiger partial charge is 0.0699 e. The molecular weight excluding hydrogens is 184 g/mol. The molecule has 1 aliphatic rings. The molecule has 82 valence electrons. The molecular formula is C13H20N2. The lowest BCUT2D eigenvalue weighted by Gasteiger charge is -2.35. The molecule has 1 heterocycles. The Morgan fingerprint density at radius 3 is 2.40 bits per heavy atom. The minimum Gasteiger partial charge on any atom is -0.313 e. The van der Waals surface area contributed by atoms with E-state index in [1.54, 1.807) is 0 Å². The van der Waals surface area contributed by atoms with Crippen molar-refractivity contribution in [3.05, 3.63) is 35.9 Å². The molecule has 2 nitrogen and oxygen atoms in total. The van der Waals surface area contributed by atoms with Gasteiger partial charge < -0.3 is 5.73 Å². The third-order valence-corrected chi connectivity index (χ3v) is 3.23. The van der Waals surface area contributed by atoms with Crippen molar-refractivity contribution in [3.63, 3.8) is 0 Å². The molecule has 2 heteroatoms. The molecule has 1 aromatic carbocycles. The van der Waals surface area contributed by atoms with E-state index in [4.69, 9.17) is 5.73 Å². The van der Waals surface area contributed by atoms with Crippen LogP contribution in [0.4, 0.5) is 0 Å². The SMILES string of the molecule is CC(N)(Cc1ccccc1)N1CCCC1. The van der Waals surface area contributed by atoms with Crippen molar-refractivity contribution in [2.75, 3.05) is 13.1 Å². The van der Waals surface area contributed by atoms with Crippen LogP contribution < -0.4 is 5.73 Å². The van der Waals surface area contributed by atoms with Gasteiger partial charge in [0.15, 0.2) is 0 Å². The summed E-state index contributed by atoms with van der Waals surface area (Å²) in [6.45, 7) is 4.45. The second kappa shape index (κ2) is 4.33. The van der Waals surface area contributed by atoms with Gasteiger partial charge in [-0.3, -0.25) is 4.90 Å². The quantitative estimate of drug-likeness (QED) is 0.816. The molecule has 1 fully saturated rings. The molecule has 1 unspecified atom stereocenters. The Bertz CT molecular complexity index is 300. The fourth-order valence-corrected chi connectivity index (χ4v) is 2.35. The highest BCUT2D eigenvalue weighted by Crippen LogP contribution is 2.20. The zero-order chi connectivity index (χ0) is 10.7. The van der Waals surface area contributed by atoms with Crippen molar-refractivity contribution in [2.45, 2.75) is 31.8 Å². The minimum atomic E-state index is -0.183. The van der Waals surface area contributed by atoms with Crippen molar-refractivity contribution < 1.29 is 0 Å². The second-order valence-electron chi connectivity index (χ2n) is 4.71. The molecule has 0 saturated carbocycles. The topological polar surface area (TPSA) is 29.3 Å². The molecule has 0 radical (unpaired) electrons. The van der Waals surface area contributed by atoms with E-state index in [0.29, 0.717) is 0 Å². The number of likely N-dealkylation sites (tertiary alicyclic amines) is 1. The fraction of sp³-hybridized carbons (Fsp3) is 0.538. The number of rotatable bonds is 3. The summed E-state index contributed by atoms with van der Waals surface area (Å²) >= 11 is 0. The van der Waals surface area contributed by atoms with Crippen LogP contribution in [0.25, 0.3) is 0 Å². The highest BCUT2D eigenvalue weighted by atomic mass is 15.3. The van der Waals surface area contributed by atoms with Gasteiger partial charge in [0.2, 0.25) is 0 Å². The van der Waals surface area contributed by atoms with Gasteiger partial charge in [0.25, 0.3) is 0 Å². The van der Waals surface area contributed by atoms with Crippen molar-refractivity contribution in [2.24, 2.45) is 5.73 Å². The Hall–Kier alpha value is -0.860. The van der Waals surface area contributed by atoms with Crippen LogP contribution in [0.3, 0.4) is 0 Å². The van der Waals surface area contributed by atoms with Crippen LogP contribution in [0.15, 0.2) is 30.3 Å². The fourth-order valence-electron chi connectivity index (χ4n) is 2.35. The average Bonchev–Trinajstić information content (AvgIpc) is 2.71. The second-order valence-corrected chi connectivity index (χ2v) is 4.71. The first-order valence-corrected chi connectivity index (χ1v) is 5.76. The van der Waals surface area contributed by atoms with Gasteiger partial charge in [-0.25, -0.2) is 0 Å². The third kappa shape index (κ3) is 2.58. The van der Waals surface area contributed by atoms with Crippen molar-refractivity contribution in [3.8, 4) is 0 Å². The zero-order valence-corrected chi connectivity index (χ0v) is 9.45. The van der Waals surface area contributed by atoms with E-state index in [9.17, 15) is 0 Å². The monoisotopic (exact) mass is 204 g/mol. The highest BCUT2D eigenvalue weighted by molar-refractivity contribution is 5.17. The maximum Gasteiger partial charge on any atom is 0.0699 e. The lowest BCUT2D eigenvalue weighted by atomic mass is 10.0. The minimum absolute atomic E-state index is 0.183. The summed E-state index contributed by atoms with van der Waals surface area (Å²) < 4.78 is 0. The van der Waals surface area contributed by atoms with E-state index in [2.05, 4.69) is 36.1 Å². The Labute approximate surface area is 92.1 Å². The van der Waals surface area contributed by atoms with Gasteiger partial charge in [-0.1, -0.05) is 30.3 Å². The van der Waals surface area contributed by atoms with Crippen LogP contribution in [0.1, 0.15) is 25.3 Å². The molecule has 2 N–H and O–H groups in total. The summed E-state index contributed by atoms with van der Waals surface area (Å²) in [6.07, 6.45) is 3.52. The standard InChI is InChI=1S/C13H20N2/c1-13(14,15-9-5-6-10-15)11-12-7-3-2-4-8-12/h2-4,7-8H,5-6,9-11,14H2,1H3. The van der Waals surface area contributed by atoms with Gasteiger partial charge in [-0.2, -0.15) is 0 Å². The molecule has 0 bridgehead atoms. The molecule has 15 heavy (non-hydrogen) atoms. The zero-order valence-electron chi connectivity index (χ0n) is 9.45. The van der Waals surface area contributed by atoms with Gasteiger partial charge >= 0.3 is 0 Å². The van der Waals surface area contributed by atoms with Crippen LogP contribution >= 0.6 is 0 Å². The first-order valence-electron chi connectivity index (χ1n) is 5.76. The molecule has 1 aromatic rings. The van der Waals surface area contributed by atoms with Crippen molar-refractivity contribution in [1.29, 1.82) is 0 Å².